The molecule has 104 valence electrons. The van der Waals surface area contributed by atoms with Gasteiger partial charge in [0.05, 0.1) is 12.4 Å². The van der Waals surface area contributed by atoms with Crippen molar-refractivity contribution in [2.75, 3.05) is 32.1 Å². The average molecular weight is 266 g/mol. The van der Waals surface area contributed by atoms with Crippen molar-refractivity contribution < 1.29 is 13.2 Å². The van der Waals surface area contributed by atoms with Gasteiger partial charge in [-0.3, -0.25) is 0 Å². The van der Waals surface area contributed by atoms with Crippen molar-refractivity contribution in [3.63, 3.8) is 0 Å². The molecule has 1 unspecified atom stereocenters. The summed E-state index contributed by atoms with van der Waals surface area (Å²) in [5, 5.41) is 0. The van der Waals surface area contributed by atoms with Gasteiger partial charge >= 0.3 is 0 Å². The van der Waals surface area contributed by atoms with E-state index in [9.17, 15) is 8.42 Å². The quantitative estimate of drug-likeness (QED) is 0.627. The molecule has 1 atom stereocenters. The first kappa shape index (κ1) is 16.8. The SMILES string of the molecule is CCOCCS(=O)(=O)N(CC)C(C)(CC)CN. The Morgan fingerprint density at radius 3 is 2.24 bits per heavy atom. The van der Waals surface area contributed by atoms with Crippen LogP contribution in [-0.4, -0.2) is 50.3 Å². The van der Waals surface area contributed by atoms with Crippen LogP contribution in [0.25, 0.3) is 0 Å². The molecule has 0 bridgehead atoms. The highest BCUT2D eigenvalue weighted by molar-refractivity contribution is 7.89. The second-order valence-electron chi connectivity index (χ2n) is 4.23. The Hall–Kier alpha value is -0.170. The minimum absolute atomic E-state index is 0.0181. The van der Waals surface area contributed by atoms with Crippen LogP contribution in [-0.2, 0) is 14.8 Å². The molecule has 0 aliphatic rings. The van der Waals surface area contributed by atoms with Crippen molar-refractivity contribution in [3.05, 3.63) is 0 Å². The number of nitrogens with two attached hydrogens (primary N) is 1. The van der Waals surface area contributed by atoms with Gasteiger partial charge in [-0.1, -0.05) is 13.8 Å². The van der Waals surface area contributed by atoms with E-state index in [1.54, 1.807) is 0 Å². The van der Waals surface area contributed by atoms with Crippen LogP contribution in [0, 0.1) is 0 Å². The molecule has 0 fully saturated rings. The third-order valence-corrected chi connectivity index (χ3v) is 5.17. The van der Waals surface area contributed by atoms with Crippen molar-refractivity contribution >= 4 is 10.0 Å². The minimum atomic E-state index is -3.30. The number of ether oxygens (including phenoxy) is 1. The van der Waals surface area contributed by atoms with E-state index in [0.717, 1.165) is 0 Å². The second kappa shape index (κ2) is 7.31. The van der Waals surface area contributed by atoms with Gasteiger partial charge in [0.1, 0.15) is 0 Å². The molecule has 0 aliphatic carbocycles. The van der Waals surface area contributed by atoms with E-state index in [2.05, 4.69) is 0 Å². The van der Waals surface area contributed by atoms with Crippen molar-refractivity contribution in [2.24, 2.45) is 5.73 Å². The third-order valence-electron chi connectivity index (χ3n) is 3.12. The van der Waals surface area contributed by atoms with Crippen LogP contribution < -0.4 is 5.73 Å². The molecule has 0 amide bonds. The first-order valence-electron chi connectivity index (χ1n) is 6.16. The molecule has 0 aromatic rings. The maximum Gasteiger partial charge on any atom is 0.216 e. The zero-order valence-electron chi connectivity index (χ0n) is 11.4. The summed E-state index contributed by atoms with van der Waals surface area (Å²) in [5.41, 5.74) is 5.21. The van der Waals surface area contributed by atoms with Gasteiger partial charge in [-0.25, -0.2) is 8.42 Å². The summed E-state index contributed by atoms with van der Waals surface area (Å²) in [6, 6.07) is 0. The number of nitrogens with zero attached hydrogens (tertiary/aromatic N) is 1. The summed E-state index contributed by atoms with van der Waals surface area (Å²) in [7, 11) is -3.30. The zero-order valence-corrected chi connectivity index (χ0v) is 12.2. The van der Waals surface area contributed by atoms with Crippen molar-refractivity contribution in [3.8, 4) is 0 Å². The fourth-order valence-corrected chi connectivity index (χ4v) is 3.57. The molecule has 0 aliphatic heterocycles. The molecular weight excluding hydrogens is 240 g/mol. The van der Waals surface area contributed by atoms with Gasteiger partial charge < -0.3 is 10.5 Å². The lowest BCUT2D eigenvalue weighted by Gasteiger charge is -2.38. The monoisotopic (exact) mass is 266 g/mol. The molecule has 6 heteroatoms. The number of rotatable bonds is 9. The highest BCUT2D eigenvalue weighted by Crippen LogP contribution is 2.21. The average Bonchev–Trinajstić information content (AvgIpc) is 2.29. The molecule has 2 N–H and O–H groups in total. The van der Waals surface area contributed by atoms with Crippen molar-refractivity contribution in [1.29, 1.82) is 0 Å². The summed E-state index contributed by atoms with van der Waals surface area (Å²) >= 11 is 0. The van der Waals surface area contributed by atoms with Gasteiger partial charge in [0, 0.05) is 25.2 Å². The first-order chi connectivity index (χ1) is 7.87. The third kappa shape index (κ3) is 4.54. The molecule has 0 radical (unpaired) electrons. The van der Waals surface area contributed by atoms with E-state index >= 15 is 0 Å². The van der Waals surface area contributed by atoms with Gasteiger partial charge in [-0.05, 0) is 20.3 Å². The van der Waals surface area contributed by atoms with E-state index in [1.165, 1.54) is 4.31 Å². The van der Waals surface area contributed by atoms with Crippen LogP contribution in [0.5, 0.6) is 0 Å². The number of likely N-dealkylation sites (N-methyl/N-ethyl adjacent to an activating group) is 1. The van der Waals surface area contributed by atoms with Crippen LogP contribution >= 0.6 is 0 Å². The second-order valence-corrected chi connectivity index (χ2v) is 6.25. The molecule has 0 heterocycles. The molecule has 17 heavy (non-hydrogen) atoms. The minimum Gasteiger partial charge on any atom is -0.381 e. The largest absolute Gasteiger partial charge is 0.381 e. The fraction of sp³-hybridized carbons (Fsp3) is 1.00. The Balaban J connectivity index is 4.85. The van der Waals surface area contributed by atoms with Gasteiger partial charge in [0.15, 0.2) is 0 Å². The van der Waals surface area contributed by atoms with E-state index in [1.807, 2.05) is 27.7 Å². The lowest BCUT2D eigenvalue weighted by Crippen LogP contribution is -2.54. The summed E-state index contributed by atoms with van der Waals surface area (Å²) in [5.74, 6) is 0.0181. The molecule has 0 saturated carbocycles. The van der Waals surface area contributed by atoms with E-state index in [0.29, 0.717) is 26.1 Å². The number of sulfonamides is 1. The van der Waals surface area contributed by atoms with Gasteiger partial charge in [-0.2, -0.15) is 4.31 Å². The zero-order chi connectivity index (χ0) is 13.5. The molecule has 5 nitrogen and oxygen atoms in total. The summed E-state index contributed by atoms with van der Waals surface area (Å²) in [6.07, 6.45) is 0.700. The molecule has 0 spiro atoms. The van der Waals surface area contributed by atoms with Crippen LogP contribution in [0.1, 0.15) is 34.1 Å². The fourth-order valence-electron chi connectivity index (χ4n) is 1.76. The highest BCUT2D eigenvalue weighted by atomic mass is 32.2. The van der Waals surface area contributed by atoms with Crippen LogP contribution in [0.15, 0.2) is 0 Å². The van der Waals surface area contributed by atoms with Gasteiger partial charge in [-0.15, -0.1) is 0 Å². The van der Waals surface area contributed by atoms with Crippen molar-refractivity contribution in [1.82, 2.24) is 4.31 Å². The highest BCUT2D eigenvalue weighted by Gasteiger charge is 2.35. The Kier molecular flexibility index (Phi) is 7.23. The first-order valence-corrected chi connectivity index (χ1v) is 7.77. The molecule has 0 saturated heterocycles. The predicted octanol–water partition coefficient (Wildman–Crippen LogP) is 0.802. The number of hydrogen-bond acceptors (Lipinski definition) is 4. The normalized spacial score (nSPS) is 16.1. The van der Waals surface area contributed by atoms with Crippen LogP contribution in [0.2, 0.25) is 0 Å². The van der Waals surface area contributed by atoms with Crippen LogP contribution in [0.3, 0.4) is 0 Å². The Morgan fingerprint density at radius 2 is 1.88 bits per heavy atom. The lowest BCUT2D eigenvalue weighted by atomic mass is 9.99. The topological polar surface area (TPSA) is 72.6 Å². The lowest BCUT2D eigenvalue weighted by molar-refractivity contribution is 0.159. The Bertz CT molecular complexity index is 300. The summed E-state index contributed by atoms with van der Waals surface area (Å²) < 4.78 is 31.0. The van der Waals surface area contributed by atoms with Gasteiger partial charge in [0.2, 0.25) is 10.0 Å². The van der Waals surface area contributed by atoms with E-state index in [4.69, 9.17) is 10.5 Å². The maximum atomic E-state index is 12.2. The molecule has 0 rings (SSSR count). The van der Waals surface area contributed by atoms with E-state index < -0.39 is 15.6 Å². The standard InChI is InChI=1S/C11H26N2O3S/c1-5-11(4,10-12)13(6-2)17(14,15)9-8-16-7-3/h5-10,12H2,1-4H3. The molecule has 0 aromatic heterocycles. The van der Waals surface area contributed by atoms with Gasteiger partial charge in [0.25, 0.3) is 0 Å². The maximum absolute atomic E-state index is 12.2. The smallest absolute Gasteiger partial charge is 0.216 e. The van der Waals surface area contributed by atoms with Crippen LogP contribution in [0.4, 0.5) is 0 Å². The summed E-state index contributed by atoms with van der Waals surface area (Å²) in [4.78, 5) is 0. The molecular formula is C11H26N2O3S. The van der Waals surface area contributed by atoms with E-state index in [-0.39, 0.29) is 12.4 Å². The Labute approximate surface area is 105 Å². The predicted molar refractivity (Wildman–Crippen MR) is 70.4 cm³/mol. The summed E-state index contributed by atoms with van der Waals surface area (Å²) in [6.45, 7) is 9.05. The molecule has 0 aromatic carbocycles. The van der Waals surface area contributed by atoms with Crippen molar-refractivity contribution in [2.45, 2.75) is 39.7 Å². The Morgan fingerprint density at radius 1 is 1.29 bits per heavy atom. The number of hydrogen-bond donors (Lipinski definition) is 1.